The largest absolute Gasteiger partial charge is 0.587 e. The van der Waals surface area contributed by atoms with Crippen molar-refractivity contribution >= 4 is 19.9 Å². The zero-order valence-corrected chi connectivity index (χ0v) is 18.6. The Morgan fingerprint density at radius 1 is 0.935 bits per heavy atom. The van der Waals surface area contributed by atoms with Gasteiger partial charge in [0.1, 0.15) is 17.1 Å². The molecule has 2 atom stereocenters. The Morgan fingerprint density at radius 2 is 1.39 bits per heavy atom. The Kier molecular flexibility index (Phi) is 8.08. The summed E-state index contributed by atoms with van der Waals surface area (Å²) < 4.78 is 34.9. The Labute approximate surface area is 180 Å². The first-order valence-electron chi connectivity index (χ1n) is 9.47. The lowest BCUT2D eigenvalue weighted by molar-refractivity contribution is -0.141. The molecule has 31 heavy (non-hydrogen) atoms. The molecule has 2 aromatic rings. The second-order valence-corrected chi connectivity index (χ2v) is 9.00. The first-order chi connectivity index (χ1) is 14.5. The zero-order valence-electron chi connectivity index (χ0n) is 17.7. The predicted molar refractivity (Wildman–Crippen MR) is 113 cm³/mol. The van der Waals surface area contributed by atoms with Gasteiger partial charge in [-0.15, -0.1) is 0 Å². The minimum Gasteiger partial charge on any atom is -0.480 e. The van der Waals surface area contributed by atoms with Crippen molar-refractivity contribution in [1.82, 2.24) is 5.32 Å². The maximum absolute atomic E-state index is 13.4. The number of para-hydroxylation sites is 2. The molecule has 0 aliphatic heterocycles. The van der Waals surface area contributed by atoms with Gasteiger partial charge in [-0.1, -0.05) is 36.4 Å². The van der Waals surface area contributed by atoms with Crippen LogP contribution in [0.15, 0.2) is 60.7 Å². The molecule has 0 unspecified atom stereocenters. The summed E-state index contributed by atoms with van der Waals surface area (Å²) >= 11 is 0. The molecule has 0 aliphatic rings. The lowest BCUT2D eigenvalue weighted by atomic mass is 10.2. The highest BCUT2D eigenvalue weighted by molar-refractivity contribution is 7.49. The third-order valence-electron chi connectivity index (χ3n) is 3.62. The molecule has 0 aliphatic carbocycles. The second kappa shape index (κ2) is 10.3. The van der Waals surface area contributed by atoms with Crippen molar-refractivity contribution in [3.05, 3.63) is 60.7 Å². The molecule has 0 fully saturated rings. The molecule has 0 aromatic heterocycles. The monoisotopic (exact) mass is 451 g/mol. The number of nitrogens with one attached hydrogen (secondary N) is 1. The fraction of sp³-hybridized carbons (Fsp3) is 0.333. The van der Waals surface area contributed by atoms with E-state index in [2.05, 4.69) is 5.32 Å². The maximum Gasteiger partial charge on any atom is 0.587 e. The summed E-state index contributed by atoms with van der Waals surface area (Å²) in [6.07, 6.45) is -2.26. The summed E-state index contributed by atoms with van der Waals surface area (Å²) in [5.74, 6) is -1.02. The first kappa shape index (κ1) is 24.2. The smallest absolute Gasteiger partial charge is 0.480 e. The fourth-order valence-electron chi connectivity index (χ4n) is 2.36. The van der Waals surface area contributed by atoms with Gasteiger partial charge in [0.15, 0.2) is 6.04 Å². The molecule has 0 saturated heterocycles. The molecule has 0 spiro atoms. The third kappa shape index (κ3) is 8.32. The third-order valence-corrected chi connectivity index (χ3v) is 5.08. The van der Waals surface area contributed by atoms with Gasteiger partial charge in [-0.25, -0.2) is 14.2 Å². The number of carbonyl (C=O) groups excluding carboxylic acids is 1. The van der Waals surface area contributed by atoms with Crippen molar-refractivity contribution in [2.45, 2.75) is 45.4 Å². The first-order valence-corrected chi connectivity index (χ1v) is 10.9. The van der Waals surface area contributed by atoms with Gasteiger partial charge in [-0.05, 0) is 52.0 Å². The van der Waals surface area contributed by atoms with E-state index in [1.807, 2.05) is 0 Å². The van der Waals surface area contributed by atoms with Crippen LogP contribution >= 0.6 is 7.82 Å². The van der Waals surface area contributed by atoms with E-state index in [9.17, 15) is 19.3 Å². The quantitative estimate of drug-likeness (QED) is 0.529. The number of aliphatic carboxylic acids is 1. The SMILES string of the molecule is C[C@@H](OP(=O)(Oc1ccccc1)Oc1ccccc1)[C@H](NC(=O)OC(C)(C)C)C(=O)O. The Bertz CT molecular complexity index is 868. The van der Waals surface area contributed by atoms with Crippen molar-refractivity contribution in [2.24, 2.45) is 0 Å². The van der Waals surface area contributed by atoms with Crippen LogP contribution in [0, 0.1) is 0 Å². The molecule has 168 valence electrons. The number of carbonyl (C=O) groups is 2. The van der Waals surface area contributed by atoms with E-state index in [0.717, 1.165) is 0 Å². The van der Waals surface area contributed by atoms with Crippen LogP contribution in [0.1, 0.15) is 27.7 Å². The number of rotatable bonds is 9. The second-order valence-electron chi connectivity index (χ2n) is 7.53. The molecule has 2 N–H and O–H groups in total. The zero-order chi connectivity index (χ0) is 23.1. The molecular formula is C21H26NO8P. The summed E-state index contributed by atoms with van der Waals surface area (Å²) in [4.78, 5) is 23.8. The van der Waals surface area contributed by atoms with Gasteiger partial charge >= 0.3 is 19.9 Å². The summed E-state index contributed by atoms with van der Waals surface area (Å²) in [7, 11) is -4.35. The van der Waals surface area contributed by atoms with E-state index in [1.54, 1.807) is 81.4 Å². The van der Waals surface area contributed by atoms with E-state index < -0.39 is 37.6 Å². The number of phosphoric acid groups is 1. The highest BCUT2D eigenvalue weighted by Gasteiger charge is 2.39. The number of carboxylic acid groups (broad SMARTS) is 1. The molecule has 2 aromatic carbocycles. The maximum atomic E-state index is 13.4. The molecule has 2 rings (SSSR count). The lowest BCUT2D eigenvalue weighted by Crippen LogP contribution is -2.50. The Morgan fingerprint density at radius 3 is 1.77 bits per heavy atom. The van der Waals surface area contributed by atoms with Gasteiger partial charge in [-0.3, -0.25) is 4.52 Å². The number of carboxylic acids is 1. The van der Waals surface area contributed by atoms with E-state index in [-0.39, 0.29) is 11.5 Å². The van der Waals surface area contributed by atoms with Crippen molar-refractivity contribution in [3.63, 3.8) is 0 Å². The summed E-state index contributed by atoms with van der Waals surface area (Å²) in [5, 5.41) is 11.8. The van der Waals surface area contributed by atoms with Crippen LogP contribution in [0.4, 0.5) is 4.79 Å². The van der Waals surface area contributed by atoms with Gasteiger partial charge in [0.2, 0.25) is 0 Å². The van der Waals surface area contributed by atoms with E-state index >= 15 is 0 Å². The molecule has 0 bridgehead atoms. The van der Waals surface area contributed by atoms with E-state index in [0.29, 0.717) is 0 Å². The molecule has 9 nitrogen and oxygen atoms in total. The van der Waals surface area contributed by atoms with Crippen molar-refractivity contribution in [1.29, 1.82) is 0 Å². The number of alkyl carbamates (subject to hydrolysis) is 1. The van der Waals surface area contributed by atoms with Crippen molar-refractivity contribution < 1.29 is 37.6 Å². The van der Waals surface area contributed by atoms with Crippen molar-refractivity contribution in [3.8, 4) is 11.5 Å². The van der Waals surface area contributed by atoms with E-state index in [1.165, 1.54) is 6.92 Å². The molecule has 10 heteroatoms. The Hall–Kier alpha value is -3.03. The number of amides is 1. The van der Waals surface area contributed by atoms with Gasteiger partial charge in [0.25, 0.3) is 0 Å². The lowest BCUT2D eigenvalue weighted by Gasteiger charge is -2.27. The number of hydrogen-bond acceptors (Lipinski definition) is 7. The van der Waals surface area contributed by atoms with Crippen LogP contribution in [0.2, 0.25) is 0 Å². The molecular weight excluding hydrogens is 425 g/mol. The molecule has 0 heterocycles. The number of phosphoric ester groups is 1. The van der Waals surface area contributed by atoms with Gasteiger partial charge < -0.3 is 24.2 Å². The highest BCUT2D eigenvalue weighted by Crippen LogP contribution is 2.50. The van der Waals surface area contributed by atoms with Crippen LogP contribution in [0.25, 0.3) is 0 Å². The van der Waals surface area contributed by atoms with Crippen LogP contribution in [0.3, 0.4) is 0 Å². The van der Waals surface area contributed by atoms with Crippen LogP contribution < -0.4 is 14.4 Å². The highest BCUT2D eigenvalue weighted by atomic mass is 31.2. The fourth-order valence-corrected chi connectivity index (χ4v) is 3.77. The standard InChI is InChI=1S/C21H26NO8P/c1-15(18(19(23)24)22-20(25)27-21(2,3)4)28-31(26,29-16-11-7-5-8-12-16)30-17-13-9-6-10-14-17/h5-15,18H,1-4H3,(H,22,25)(H,23,24)/t15-,18+/m1/s1. The minimum atomic E-state index is -4.35. The number of benzene rings is 2. The number of hydrogen-bond donors (Lipinski definition) is 2. The van der Waals surface area contributed by atoms with Crippen LogP contribution in [-0.2, 0) is 18.6 Å². The van der Waals surface area contributed by atoms with Gasteiger partial charge in [0.05, 0.1) is 6.10 Å². The summed E-state index contributed by atoms with van der Waals surface area (Å²) in [6.45, 7) is 6.24. The Balaban J connectivity index is 2.23. The minimum absolute atomic E-state index is 0.195. The summed E-state index contributed by atoms with van der Waals surface area (Å²) in [5.41, 5.74) is -0.834. The van der Waals surface area contributed by atoms with E-state index in [4.69, 9.17) is 18.3 Å². The van der Waals surface area contributed by atoms with Crippen LogP contribution in [0.5, 0.6) is 11.5 Å². The van der Waals surface area contributed by atoms with Crippen molar-refractivity contribution in [2.75, 3.05) is 0 Å². The molecule has 0 radical (unpaired) electrons. The molecule has 1 amide bonds. The number of ether oxygens (including phenoxy) is 1. The van der Waals surface area contributed by atoms with Gasteiger partial charge in [0, 0.05) is 0 Å². The van der Waals surface area contributed by atoms with Gasteiger partial charge in [-0.2, -0.15) is 0 Å². The average molecular weight is 451 g/mol. The molecule has 0 saturated carbocycles. The topological polar surface area (TPSA) is 120 Å². The normalized spacial score (nSPS) is 13.5. The van der Waals surface area contributed by atoms with Crippen LogP contribution in [-0.4, -0.2) is 34.9 Å². The summed E-state index contributed by atoms with van der Waals surface area (Å²) in [6, 6.07) is 14.7. The predicted octanol–water partition coefficient (Wildman–Crippen LogP) is 4.64. The average Bonchev–Trinajstić information content (AvgIpc) is 2.65.